The van der Waals surface area contributed by atoms with Crippen LogP contribution < -0.4 is 0 Å². The van der Waals surface area contributed by atoms with E-state index in [1.807, 2.05) is 6.20 Å². The third kappa shape index (κ3) is 1.34. The second-order valence-corrected chi connectivity index (χ2v) is 5.03. The molecular formula is C12H9NS2. The van der Waals surface area contributed by atoms with Gasteiger partial charge in [0, 0.05) is 21.9 Å². The molecule has 1 aliphatic heterocycles. The maximum Gasteiger partial charge on any atom is 0.124 e. The molecule has 15 heavy (non-hydrogen) atoms. The van der Waals surface area contributed by atoms with Crippen molar-refractivity contribution in [1.29, 1.82) is 0 Å². The van der Waals surface area contributed by atoms with Crippen LogP contribution in [-0.2, 0) is 0 Å². The lowest BCUT2D eigenvalue weighted by molar-refractivity contribution is 1.38. The summed E-state index contributed by atoms with van der Waals surface area (Å²) in [5.74, 6) is 0. The summed E-state index contributed by atoms with van der Waals surface area (Å²) in [6, 6.07) is 8.52. The highest BCUT2D eigenvalue weighted by molar-refractivity contribution is 7.98. The monoisotopic (exact) mass is 231 g/mol. The predicted octanol–water partition coefficient (Wildman–Crippen LogP) is 4.12. The normalized spacial score (nSPS) is 11.3. The smallest absolute Gasteiger partial charge is 0.124 e. The van der Waals surface area contributed by atoms with E-state index in [1.165, 1.54) is 21.4 Å². The number of hydrogen-bond donors (Lipinski definition) is 0. The summed E-state index contributed by atoms with van der Waals surface area (Å²) in [4.78, 5) is 6.86. The van der Waals surface area contributed by atoms with Crippen LogP contribution in [0.2, 0.25) is 0 Å². The first-order chi connectivity index (χ1) is 7.40. The molecule has 0 saturated carbocycles. The van der Waals surface area contributed by atoms with Crippen molar-refractivity contribution in [2.24, 2.45) is 0 Å². The number of hydrogen-bond acceptors (Lipinski definition) is 3. The van der Waals surface area contributed by atoms with Crippen LogP contribution in [0.3, 0.4) is 0 Å². The lowest BCUT2D eigenvalue weighted by atomic mass is 10.1. The lowest BCUT2D eigenvalue weighted by Crippen LogP contribution is -1.82. The number of pyridine rings is 1. The van der Waals surface area contributed by atoms with E-state index >= 15 is 0 Å². The minimum absolute atomic E-state index is 1.13. The Morgan fingerprint density at radius 1 is 1.27 bits per heavy atom. The van der Waals surface area contributed by atoms with Crippen LogP contribution in [0.4, 0.5) is 0 Å². The van der Waals surface area contributed by atoms with E-state index in [-0.39, 0.29) is 0 Å². The van der Waals surface area contributed by atoms with Crippen molar-refractivity contribution in [2.75, 3.05) is 6.26 Å². The van der Waals surface area contributed by atoms with Crippen LogP contribution in [0, 0.1) is 0 Å². The number of nitrogens with zero attached hydrogens (tertiary/aromatic N) is 1. The maximum atomic E-state index is 4.42. The van der Waals surface area contributed by atoms with Crippen molar-refractivity contribution in [2.45, 2.75) is 4.90 Å². The van der Waals surface area contributed by atoms with E-state index in [9.17, 15) is 0 Å². The van der Waals surface area contributed by atoms with Gasteiger partial charge in [-0.1, -0.05) is 18.2 Å². The Kier molecular flexibility index (Phi) is 2.15. The number of rotatable bonds is 1. The fraction of sp³-hybridized carbons (Fsp3) is 0.0833. The zero-order valence-corrected chi connectivity index (χ0v) is 9.86. The predicted molar refractivity (Wildman–Crippen MR) is 68.0 cm³/mol. The Morgan fingerprint density at radius 3 is 3.07 bits per heavy atom. The van der Waals surface area contributed by atoms with Gasteiger partial charge < -0.3 is 0 Å². The molecule has 2 heterocycles. The van der Waals surface area contributed by atoms with Gasteiger partial charge in [-0.05, 0) is 23.4 Å². The van der Waals surface area contributed by atoms with Gasteiger partial charge in [0.15, 0.2) is 0 Å². The molecule has 0 amide bonds. The molecule has 3 rings (SSSR count). The fourth-order valence-electron chi connectivity index (χ4n) is 1.82. The molecule has 1 aromatic heterocycles. The highest BCUT2D eigenvalue weighted by Crippen LogP contribution is 2.38. The summed E-state index contributed by atoms with van der Waals surface area (Å²) in [5.41, 5.74) is 2.64. The molecule has 74 valence electrons. The Bertz CT molecular complexity index is 585. The molecule has 0 aromatic carbocycles. The largest absolute Gasteiger partial charge is 0.245 e. The number of aromatic nitrogens is 1. The van der Waals surface area contributed by atoms with Gasteiger partial charge in [-0.25, -0.2) is 4.98 Å². The van der Waals surface area contributed by atoms with E-state index in [1.54, 1.807) is 23.1 Å². The molecule has 0 saturated heterocycles. The van der Waals surface area contributed by atoms with Gasteiger partial charge in [-0.2, -0.15) is 0 Å². The Labute approximate surface area is 96.5 Å². The lowest BCUT2D eigenvalue weighted by Gasteiger charge is -2.07. The molecule has 1 aromatic rings. The number of fused-ring (bicyclic) bond motifs is 3. The van der Waals surface area contributed by atoms with Crippen molar-refractivity contribution >= 4 is 33.3 Å². The van der Waals surface area contributed by atoms with Crippen LogP contribution >= 0.6 is 23.1 Å². The quantitative estimate of drug-likeness (QED) is 0.584. The first-order valence-corrected chi connectivity index (χ1v) is 6.79. The summed E-state index contributed by atoms with van der Waals surface area (Å²) in [6.07, 6.45) is 4.00. The SMILES string of the molecule is CSc1ccnc2scc3cccc-3c12. The average Bonchev–Trinajstić information content (AvgIpc) is 2.76. The maximum absolute atomic E-state index is 4.42. The van der Waals surface area contributed by atoms with Gasteiger partial charge in [0.25, 0.3) is 0 Å². The Morgan fingerprint density at radius 2 is 2.20 bits per heavy atom. The average molecular weight is 231 g/mol. The number of thioether (sulfide) groups is 1. The van der Waals surface area contributed by atoms with Crippen molar-refractivity contribution in [3.63, 3.8) is 0 Å². The third-order valence-corrected chi connectivity index (χ3v) is 4.20. The van der Waals surface area contributed by atoms with Crippen LogP contribution in [-0.4, -0.2) is 11.2 Å². The molecule has 0 radical (unpaired) electrons. The van der Waals surface area contributed by atoms with Crippen LogP contribution in [0.15, 0.2) is 40.7 Å². The van der Waals surface area contributed by atoms with Crippen molar-refractivity contribution in [3.05, 3.63) is 35.8 Å². The van der Waals surface area contributed by atoms with Crippen LogP contribution in [0.25, 0.3) is 21.3 Å². The van der Waals surface area contributed by atoms with Gasteiger partial charge in [-0.15, -0.1) is 23.1 Å². The molecule has 1 nitrogen and oxygen atoms in total. The van der Waals surface area contributed by atoms with E-state index in [4.69, 9.17) is 0 Å². The van der Waals surface area contributed by atoms with Crippen LogP contribution in [0.1, 0.15) is 0 Å². The molecule has 1 aliphatic carbocycles. The van der Waals surface area contributed by atoms with E-state index in [0.717, 1.165) is 4.83 Å². The second-order valence-electron chi connectivity index (χ2n) is 3.32. The van der Waals surface area contributed by atoms with Crippen molar-refractivity contribution < 1.29 is 0 Å². The van der Waals surface area contributed by atoms with Crippen LogP contribution in [0.5, 0.6) is 0 Å². The Balaban J connectivity index is 2.52. The van der Waals surface area contributed by atoms with Crippen molar-refractivity contribution in [3.8, 4) is 11.1 Å². The molecule has 0 spiro atoms. The minimum Gasteiger partial charge on any atom is -0.245 e. The van der Waals surface area contributed by atoms with Gasteiger partial charge in [0.2, 0.25) is 0 Å². The molecule has 0 bridgehead atoms. The fourth-order valence-corrected chi connectivity index (χ4v) is 3.39. The zero-order chi connectivity index (χ0) is 10.3. The molecule has 0 atom stereocenters. The van der Waals surface area contributed by atoms with E-state index in [0.29, 0.717) is 0 Å². The summed E-state index contributed by atoms with van der Waals surface area (Å²) in [5, 5.41) is 3.48. The molecular weight excluding hydrogens is 222 g/mol. The molecule has 0 unspecified atom stereocenters. The molecule has 0 N–H and O–H groups in total. The van der Waals surface area contributed by atoms with Gasteiger partial charge in [0.1, 0.15) is 4.83 Å². The van der Waals surface area contributed by atoms with Crippen molar-refractivity contribution in [1.82, 2.24) is 4.98 Å². The zero-order valence-electron chi connectivity index (χ0n) is 8.23. The summed E-state index contributed by atoms with van der Waals surface area (Å²) >= 11 is 3.50. The van der Waals surface area contributed by atoms with Gasteiger partial charge >= 0.3 is 0 Å². The molecule has 2 aliphatic rings. The van der Waals surface area contributed by atoms with E-state index in [2.05, 4.69) is 40.9 Å². The molecule has 0 fully saturated rings. The highest BCUT2D eigenvalue weighted by atomic mass is 32.2. The summed E-state index contributed by atoms with van der Waals surface area (Å²) in [7, 11) is 0. The first kappa shape index (κ1) is 9.19. The van der Waals surface area contributed by atoms with E-state index < -0.39 is 0 Å². The second kappa shape index (κ2) is 3.51. The topological polar surface area (TPSA) is 12.9 Å². The minimum atomic E-state index is 1.13. The molecule has 3 heteroatoms. The summed E-state index contributed by atoms with van der Waals surface area (Å²) < 4.78 is 0. The highest BCUT2D eigenvalue weighted by Gasteiger charge is 2.11. The standard InChI is InChI=1S/C12H9NS2/c1-14-10-5-6-13-12-11(10)9-4-2-3-8(9)7-15-12/h2-7H,1H3. The van der Waals surface area contributed by atoms with Gasteiger partial charge in [0.05, 0.1) is 0 Å². The van der Waals surface area contributed by atoms with Gasteiger partial charge in [-0.3, -0.25) is 0 Å². The summed E-state index contributed by atoms with van der Waals surface area (Å²) in [6.45, 7) is 0. The first-order valence-electron chi connectivity index (χ1n) is 4.69. The Hall–Kier alpha value is -1.06. The third-order valence-electron chi connectivity index (χ3n) is 2.51.